The van der Waals surface area contributed by atoms with Crippen molar-refractivity contribution in [3.8, 4) is 11.5 Å². The highest BCUT2D eigenvalue weighted by atomic mass is 16.5. The molecule has 0 saturated heterocycles. The summed E-state index contributed by atoms with van der Waals surface area (Å²) >= 11 is 0. The Hall–Kier alpha value is -3.62. The Labute approximate surface area is 198 Å². The maximum atomic E-state index is 11.4. The van der Waals surface area contributed by atoms with E-state index in [1.165, 1.54) is 5.56 Å². The van der Waals surface area contributed by atoms with Crippen LogP contribution < -0.4 is 20.1 Å². The van der Waals surface area contributed by atoms with E-state index in [-0.39, 0.29) is 6.04 Å². The molecule has 3 heterocycles. The Morgan fingerprint density at radius 3 is 2.88 bits per heavy atom. The first-order valence-electron chi connectivity index (χ1n) is 11.4. The molecule has 8 nitrogen and oxygen atoms in total. The summed E-state index contributed by atoms with van der Waals surface area (Å²) < 4.78 is 13.7. The first-order chi connectivity index (χ1) is 16.6. The van der Waals surface area contributed by atoms with Crippen molar-refractivity contribution in [2.45, 2.75) is 38.2 Å². The lowest BCUT2D eigenvalue weighted by molar-refractivity contribution is -0.140. The van der Waals surface area contributed by atoms with Gasteiger partial charge in [-0.05, 0) is 41.3 Å². The van der Waals surface area contributed by atoms with E-state index in [1.54, 1.807) is 13.3 Å². The van der Waals surface area contributed by atoms with Crippen LogP contribution in [0.3, 0.4) is 0 Å². The molecule has 0 bridgehead atoms. The minimum Gasteiger partial charge on any atom is -0.493 e. The average Bonchev–Trinajstić information content (AvgIpc) is 3.28. The third-order valence-corrected chi connectivity index (χ3v) is 6.35. The summed E-state index contributed by atoms with van der Waals surface area (Å²) in [5.74, 6) is 1.44. The molecule has 2 aliphatic heterocycles. The third kappa shape index (κ3) is 4.55. The molecule has 3 aromatic rings. The van der Waals surface area contributed by atoms with Crippen LogP contribution in [0.2, 0.25) is 0 Å². The van der Waals surface area contributed by atoms with Gasteiger partial charge in [0.1, 0.15) is 18.5 Å². The number of aliphatic carboxylic acids is 1. The topological polar surface area (TPSA) is 97.6 Å². The van der Waals surface area contributed by atoms with Gasteiger partial charge in [0.15, 0.2) is 11.5 Å². The van der Waals surface area contributed by atoms with Crippen LogP contribution in [-0.2, 0) is 30.9 Å². The van der Waals surface area contributed by atoms with Gasteiger partial charge in [-0.1, -0.05) is 36.4 Å². The van der Waals surface area contributed by atoms with Crippen molar-refractivity contribution >= 4 is 12.0 Å². The Morgan fingerprint density at radius 2 is 2.09 bits per heavy atom. The van der Waals surface area contributed by atoms with E-state index in [9.17, 15) is 9.90 Å². The van der Waals surface area contributed by atoms with Crippen LogP contribution in [0.4, 0.5) is 0 Å². The van der Waals surface area contributed by atoms with Crippen LogP contribution in [0.5, 0.6) is 11.5 Å². The predicted octanol–water partition coefficient (Wildman–Crippen LogP) is 2.93. The third-order valence-electron chi connectivity index (χ3n) is 6.35. The Kier molecular flexibility index (Phi) is 6.33. The van der Waals surface area contributed by atoms with E-state index in [0.29, 0.717) is 25.4 Å². The number of aromatic nitrogens is 2. The van der Waals surface area contributed by atoms with Gasteiger partial charge < -0.3 is 24.5 Å². The van der Waals surface area contributed by atoms with E-state index in [2.05, 4.69) is 27.8 Å². The van der Waals surface area contributed by atoms with Crippen molar-refractivity contribution in [3.05, 3.63) is 82.9 Å². The molecule has 0 fully saturated rings. The largest absolute Gasteiger partial charge is 0.493 e. The zero-order valence-corrected chi connectivity index (χ0v) is 19.0. The quantitative estimate of drug-likeness (QED) is 0.499. The summed E-state index contributed by atoms with van der Waals surface area (Å²) in [7, 11) is 1.66. The van der Waals surface area contributed by atoms with Gasteiger partial charge in [0.05, 0.1) is 38.1 Å². The number of carboxylic acids is 1. The fraction of sp³-hybridized carbons (Fsp3) is 0.308. The standard InChI is InChI=1S/C26H28N4O4/c1-33-23-12-20-18(11-24(23)34-16-17-5-3-2-4-6-17)9-10-27-21(20)8-7-19-13-29-25-14-28-22(26(31)32)15-30(19)25/h2-8,11-13,21-22,27-28H,9-10,14-16H2,1H3,(H,31,32)/b8-7+. The van der Waals surface area contributed by atoms with Gasteiger partial charge in [-0.15, -0.1) is 0 Å². The summed E-state index contributed by atoms with van der Waals surface area (Å²) in [6.45, 7) is 2.13. The number of imidazole rings is 1. The van der Waals surface area contributed by atoms with Crippen LogP contribution in [0.1, 0.15) is 34.3 Å². The molecule has 0 amide bonds. The normalized spacial score (nSPS) is 19.4. The van der Waals surface area contributed by atoms with Crippen LogP contribution in [-0.4, -0.2) is 40.3 Å². The number of hydrogen-bond donors (Lipinski definition) is 3. The van der Waals surface area contributed by atoms with Gasteiger partial charge >= 0.3 is 5.97 Å². The highest BCUT2D eigenvalue weighted by Gasteiger charge is 2.26. The van der Waals surface area contributed by atoms with Gasteiger partial charge in [0.2, 0.25) is 0 Å². The van der Waals surface area contributed by atoms with Gasteiger partial charge in [-0.2, -0.15) is 0 Å². The number of carbonyl (C=O) groups is 1. The highest BCUT2D eigenvalue weighted by Crippen LogP contribution is 2.36. The van der Waals surface area contributed by atoms with Crippen molar-refractivity contribution in [1.29, 1.82) is 0 Å². The van der Waals surface area contributed by atoms with E-state index in [1.807, 2.05) is 47.0 Å². The van der Waals surface area contributed by atoms with E-state index < -0.39 is 12.0 Å². The number of benzene rings is 2. The maximum Gasteiger partial charge on any atom is 0.322 e. The lowest BCUT2D eigenvalue weighted by Gasteiger charge is -2.26. The molecule has 8 heteroatoms. The highest BCUT2D eigenvalue weighted by molar-refractivity contribution is 5.73. The fourth-order valence-corrected chi connectivity index (χ4v) is 4.51. The zero-order chi connectivity index (χ0) is 23.5. The molecule has 2 atom stereocenters. The summed E-state index contributed by atoms with van der Waals surface area (Å²) in [5, 5.41) is 15.9. The van der Waals surface area contributed by atoms with Crippen molar-refractivity contribution in [1.82, 2.24) is 20.2 Å². The van der Waals surface area contributed by atoms with Crippen molar-refractivity contribution in [3.63, 3.8) is 0 Å². The molecule has 2 aromatic carbocycles. The number of rotatable bonds is 7. The minimum atomic E-state index is -0.852. The molecule has 0 spiro atoms. The fourth-order valence-electron chi connectivity index (χ4n) is 4.51. The monoisotopic (exact) mass is 460 g/mol. The molecular formula is C26H28N4O4. The second-order valence-electron chi connectivity index (χ2n) is 8.50. The molecule has 0 saturated carbocycles. The Bertz CT molecular complexity index is 1210. The maximum absolute atomic E-state index is 11.4. The summed E-state index contributed by atoms with van der Waals surface area (Å²) in [6, 6.07) is 13.6. The number of hydrogen-bond acceptors (Lipinski definition) is 6. The molecule has 3 N–H and O–H groups in total. The van der Waals surface area contributed by atoms with E-state index >= 15 is 0 Å². The van der Waals surface area contributed by atoms with Crippen LogP contribution in [0.25, 0.3) is 6.08 Å². The number of fused-ring (bicyclic) bond motifs is 2. The average molecular weight is 461 g/mol. The smallest absolute Gasteiger partial charge is 0.322 e. The Morgan fingerprint density at radius 1 is 1.24 bits per heavy atom. The van der Waals surface area contributed by atoms with Crippen molar-refractivity contribution in [2.24, 2.45) is 0 Å². The molecule has 5 rings (SSSR count). The number of carboxylic acid groups (broad SMARTS) is 1. The summed E-state index contributed by atoms with van der Waals surface area (Å²) in [6.07, 6.45) is 6.81. The molecule has 0 aliphatic carbocycles. The lowest BCUT2D eigenvalue weighted by Crippen LogP contribution is -2.44. The van der Waals surface area contributed by atoms with Crippen LogP contribution in [0, 0.1) is 0 Å². The van der Waals surface area contributed by atoms with E-state index in [4.69, 9.17) is 9.47 Å². The minimum absolute atomic E-state index is 0.00367. The molecule has 1 aromatic heterocycles. The molecule has 176 valence electrons. The molecule has 0 radical (unpaired) electrons. The van der Waals surface area contributed by atoms with Crippen molar-refractivity contribution < 1.29 is 19.4 Å². The number of ether oxygens (including phenoxy) is 2. The molecule has 2 unspecified atom stereocenters. The van der Waals surface area contributed by atoms with Gasteiger partial charge in [0, 0.05) is 6.54 Å². The van der Waals surface area contributed by atoms with E-state index in [0.717, 1.165) is 41.4 Å². The zero-order valence-electron chi connectivity index (χ0n) is 19.0. The van der Waals surface area contributed by atoms with Gasteiger partial charge in [-0.3, -0.25) is 10.1 Å². The number of nitrogens with zero attached hydrogens (tertiary/aromatic N) is 2. The Balaban J connectivity index is 1.36. The first kappa shape index (κ1) is 22.2. The van der Waals surface area contributed by atoms with Crippen LogP contribution >= 0.6 is 0 Å². The SMILES string of the molecule is COc1cc2c(cc1OCc1ccccc1)CCNC2/C=C/c1cnc2n1CC(C(=O)O)NC2. The molecule has 2 aliphatic rings. The van der Waals surface area contributed by atoms with Crippen LogP contribution in [0.15, 0.2) is 54.7 Å². The first-order valence-corrected chi connectivity index (χ1v) is 11.4. The second-order valence-corrected chi connectivity index (χ2v) is 8.50. The summed E-state index contributed by atoms with van der Waals surface area (Å²) in [5.41, 5.74) is 4.37. The number of nitrogens with one attached hydrogen (secondary N) is 2. The molecular weight excluding hydrogens is 432 g/mol. The van der Waals surface area contributed by atoms with Crippen molar-refractivity contribution in [2.75, 3.05) is 13.7 Å². The lowest BCUT2D eigenvalue weighted by atomic mass is 9.93. The van der Waals surface area contributed by atoms with Gasteiger partial charge in [-0.25, -0.2) is 4.98 Å². The molecule has 34 heavy (non-hydrogen) atoms. The van der Waals surface area contributed by atoms with Gasteiger partial charge in [0.25, 0.3) is 0 Å². The second kappa shape index (κ2) is 9.70. The number of methoxy groups -OCH3 is 1. The summed E-state index contributed by atoms with van der Waals surface area (Å²) in [4.78, 5) is 15.9. The predicted molar refractivity (Wildman–Crippen MR) is 128 cm³/mol.